The van der Waals surface area contributed by atoms with Crippen LogP contribution in [0, 0.1) is 0 Å². The van der Waals surface area contributed by atoms with E-state index in [0.717, 1.165) is 55.5 Å². The first-order valence-electron chi connectivity index (χ1n) is 9.91. The number of aromatic nitrogens is 1. The summed E-state index contributed by atoms with van der Waals surface area (Å²) in [6.07, 6.45) is 6.04. The van der Waals surface area contributed by atoms with E-state index in [-0.39, 0.29) is 0 Å². The molecule has 152 valence electrons. The molecule has 6 heteroatoms. The van der Waals surface area contributed by atoms with E-state index in [1.807, 2.05) is 48.7 Å². The Morgan fingerprint density at radius 2 is 1.79 bits per heavy atom. The fourth-order valence-electron chi connectivity index (χ4n) is 2.88. The molecule has 0 unspecified atom stereocenters. The van der Waals surface area contributed by atoms with E-state index in [9.17, 15) is 0 Å². The molecule has 0 radical (unpaired) electrons. The Kier molecular flexibility index (Phi) is 8.14. The summed E-state index contributed by atoms with van der Waals surface area (Å²) >= 11 is 0. The first kappa shape index (κ1) is 20.5. The van der Waals surface area contributed by atoms with Gasteiger partial charge in [0.2, 0.25) is 0 Å². The lowest BCUT2D eigenvalue weighted by Gasteiger charge is -2.13. The van der Waals surface area contributed by atoms with Crippen LogP contribution >= 0.6 is 0 Å². The highest BCUT2D eigenvalue weighted by atomic mass is 16.5. The topological polar surface area (TPSA) is 71.7 Å². The molecule has 0 atom stereocenters. The maximum atomic E-state index is 5.38. The maximum Gasteiger partial charge on any atom is 0.191 e. The van der Waals surface area contributed by atoms with Gasteiger partial charge in [-0.1, -0.05) is 18.2 Å². The van der Waals surface area contributed by atoms with Crippen LogP contribution in [-0.2, 0) is 19.3 Å². The van der Waals surface area contributed by atoms with E-state index in [4.69, 9.17) is 9.15 Å². The molecule has 2 heterocycles. The van der Waals surface area contributed by atoms with E-state index >= 15 is 0 Å². The third-order valence-corrected chi connectivity index (χ3v) is 4.47. The number of benzene rings is 1. The Balaban J connectivity index is 1.49. The zero-order chi connectivity index (χ0) is 20.2. The zero-order valence-electron chi connectivity index (χ0n) is 16.8. The number of rotatable bonds is 10. The van der Waals surface area contributed by atoms with Gasteiger partial charge in [0, 0.05) is 44.4 Å². The van der Waals surface area contributed by atoms with E-state index < -0.39 is 0 Å². The lowest BCUT2D eigenvalue weighted by Crippen LogP contribution is -2.39. The van der Waals surface area contributed by atoms with Crippen LogP contribution in [-0.4, -0.2) is 37.7 Å². The minimum atomic E-state index is 0.662. The number of hydrogen-bond acceptors (Lipinski definition) is 4. The molecule has 0 amide bonds. The van der Waals surface area contributed by atoms with Gasteiger partial charge < -0.3 is 19.8 Å². The van der Waals surface area contributed by atoms with E-state index in [0.29, 0.717) is 6.54 Å². The van der Waals surface area contributed by atoms with Crippen molar-refractivity contribution in [3.05, 3.63) is 84.1 Å². The first-order chi connectivity index (χ1) is 14.3. The van der Waals surface area contributed by atoms with Crippen LogP contribution in [0.4, 0.5) is 0 Å². The summed E-state index contributed by atoms with van der Waals surface area (Å²) in [4.78, 5) is 9.05. The molecule has 0 aliphatic heterocycles. The van der Waals surface area contributed by atoms with Crippen molar-refractivity contribution in [3.63, 3.8) is 0 Å². The molecule has 0 saturated heterocycles. The number of methoxy groups -OCH3 is 1. The predicted molar refractivity (Wildman–Crippen MR) is 115 cm³/mol. The third-order valence-electron chi connectivity index (χ3n) is 4.47. The van der Waals surface area contributed by atoms with Gasteiger partial charge in [0.1, 0.15) is 11.5 Å². The molecule has 0 fully saturated rings. The second-order valence-electron chi connectivity index (χ2n) is 6.58. The van der Waals surface area contributed by atoms with Gasteiger partial charge in [-0.05, 0) is 48.4 Å². The summed E-state index contributed by atoms with van der Waals surface area (Å²) in [5.41, 5.74) is 2.31. The molecule has 1 aromatic carbocycles. The molecule has 6 nitrogen and oxygen atoms in total. The van der Waals surface area contributed by atoms with Crippen LogP contribution in [0.25, 0.3) is 0 Å². The van der Waals surface area contributed by atoms with Crippen LogP contribution in [0.3, 0.4) is 0 Å². The van der Waals surface area contributed by atoms with Crippen molar-refractivity contribution in [1.82, 2.24) is 15.6 Å². The summed E-state index contributed by atoms with van der Waals surface area (Å²) in [7, 11) is 1.68. The smallest absolute Gasteiger partial charge is 0.191 e. The first-order valence-corrected chi connectivity index (χ1v) is 9.91. The van der Waals surface area contributed by atoms with Gasteiger partial charge in [-0.3, -0.25) is 9.98 Å². The van der Waals surface area contributed by atoms with Gasteiger partial charge in [-0.15, -0.1) is 0 Å². The van der Waals surface area contributed by atoms with Gasteiger partial charge >= 0.3 is 0 Å². The lowest BCUT2D eigenvalue weighted by atomic mass is 10.1. The number of furan rings is 1. The Labute approximate surface area is 172 Å². The number of aliphatic imine (C=N–C) groups is 1. The molecular formula is C23H28N4O2. The van der Waals surface area contributed by atoms with Crippen LogP contribution in [0.2, 0.25) is 0 Å². The SMILES string of the molecule is COc1ccc(CCNC(=NCCc2ccco2)NCCc2ccccn2)cc1. The molecule has 2 aromatic heterocycles. The Morgan fingerprint density at radius 1 is 0.966 bits per heavy atom. The lowest BCUT2D eigenvalue weighted by molar-refractivity contribution is 0.414. The maximum absolute atomic E-state index is 5.38. The molecule has 0 aliphatic rings. The minimum Gasteiger partial charge on any atom is -0.497 e. The van der Waals surface area contributed by atoms with Crippen molar-refractivity contribution >= 4 is 5.96 Å². The van der Waals surface area contributed by atoms with Gasteiger partial charge in [-0.25, -0.2) is 0 Å². The average Bonchev–Trinajstić information content (AvgIpc) is 3.28. The highest BCUT2D eigenvalue weighted by Gasteiger charge is 2.02. The molecule has 2 N–H and O–H groups in total. The Morgan fingerprint density at radius 3 is 2.48 bits per heavy atom. The van der Waals surface area contributed by atoms with Crippen molar-refractivity contribution in [1.29, 1.82) is 0 Å². The number of hydrogen-bond donors (Lipinski definition) is 2. The summed E-state index contributed by atoms with van der Waals surface area (Å²) in [6.45, 7) is 2.23. The number of guanidine groups is 1. The second kappa shape index (κ2) is 11.5. The highest BCUT2D eigenvalue weighted by Crippen LogP contribution is 2.11. The molecular weight excluding hydrogens is 364 g/mol. The molecule has 0 saturated carbocycles. The Bertz CT molecular complexity index is 846. The number of nitrogens with zero attached hydrogens (tertiary/aromatic N) is 2. The molecule has 3 rings (SSSR count). The highest BCUT2D eigenvalue weighted by molar-refractivity contribution is 5.79. The van der Waals surface area contributed by atoms with Crippen LogP contribution in [0.5, 0.6) is 5.75 Å². The quantitative estimate of drug-likeness (QED) is 0.409. The summed E-state index contributed by atoms with van der Waals surface area (Å²) < 4.78 is 10.6. The number of nitrogens with one attached hydrogen (secondary N) is 2. The van der Waals surface area contributed by atoms with E-state index in [1.165, 1.54) is 5.56 Å². The van der Waals surface area contributed by atoms with E-state index in [2.05, 4.69) is 32.7 Å². The predicted octanol–water partition coefficient (Wildman–Crippen LogP) is 3.25. The van der Waals surface area contributed by atoms with Crippen molar-refractivity contribution in [2.75, 3.05) is 26.7 Å². The molecule has 0 spiro atoms. The monoisotopic (exact) mass is 392 g/mol. The van der Waals surface area contributed by atoms with Crippen molar-refractivity contribution in [2.45, 2.75) is 19.3 Å². The Hall–Kier alpha value is -3.28. The van der Waals surface area contributed by atoms with Crippen LogP contribution in [0.15, 0.2) is 76.5 Å². The largest absolute Gasteiger partial charge is 0.497 e. The van der Waals surface area contributed by atoms with E-state index in [1.54, 1.807) is 13.4 Å². The van der Waals surface area contributed by atoms with Crippen LogP contribution in [0.1, 0.15) is 17.0 Å². The molecule has 0 aliphatic carbocycles. The summed E-state index contributed by atoms with van der Waals surface area (Å²) in [5.74, 6) is 2.62. The third kappa shape index (κ3) is 7.33. The average molecular weight is 393 g/mol. The van der Waals surface area contributed by atoms with Crippen LogP contribution < -0.4 is 15.4 Å². The normalized spacial score (nSPS) is 11.3. The number of pyridine rings is 1. The van der Waals surface area contributed by atoms with Gasteiger partial charge in [-0.2, -0.15) is 0 Å². The van der Waals surface area contributed by atoms with Gasteiger partial charge in [0.15, 0.2) is 5.96 Å². The summed E-state index contributed by atoms with van der Waals surface area (Å²) in [6, 6.07) is 18.0. The molecule has 3 aromatic rings. The van der Waals surface area contributed by atoms with Crippen molar-refractivity contribution in [2.24, 2.45) is 4.99 Å². The van der Waals surface area contributed by atoms with Gasteiger partial charge in [0.25, 0.3) is 0 Å². The molecule has 29 heavy (non-hydrogen) atoms. The fraction of sp³-hybridized carbons (Fsp3) is 0.304. The molecule has 0 bridgehead atoms. The van der Waals surface area contributed by atoms with Gasteiger partial charge in [0.05, 0.1) is 13.4 Å². The fourth-order valence-corrected chi connectivity index (χ4v) is 2.88. The van der Waals surface area contributed by atoms with Crippen molar-refractivity contribution < 1.29 is 9.15 Å². The zero-order valence-corrected chi connectivity index (χ0v) is 16.8. The minimum absolute atomic E-state index is 0.662. The van der Waals surface area contributed by atoms with Crippen molar-refractivity contribution in [3.8, 4) is 5.75 Å². The second-order valence-corrected chi connectivity index (χ2v) is 6.58. The summed E-state index contributed by atoms with van der Waals surface area (Å²) in [5, 5.41) is 6.82. The number of ether oxygens (including phenoxy) is 1. The standard InChI is InChI=1S/C23H28N4O2/c1-28-21-9-7-19(8-10-21)11-15-25-23(27-17-13-22-6-4-18-29-22)26-16-12-20-5-2-3-14-24-20/h2-10,14,18H,11-13,15-17H2,1H3,(H2,25,26,27).